The Bertz CT molecular complexity index is 396. The van der Waals surface area contributed by atoms with E-state index >= 15 is 0 Å². The summed E-state index contributed by atoms with van der Waals surface area (Å²) in [5.74, 6) is 0.213. The van der Waals surface area contributed by atoms with Gasteiger partial charge in [0.1, 0.15) is 5.75 Å². The summed E-state index contributed by atoms with van der Waals surface area (Å²) in [7, 11) is 0. The van der Waals surface area contributed by atoms with Crippen molar-refractivity contribution in [3.63, 3.8) is 0 Å². The van der Waals surface area contributed by atoms with Gasteiger partial charge in [-0.3, -0.25) is 4.79 Å². The summed E-state index contributed by atoms with van der Waals surface area (Å²) in [6.07, 6.45) is 8.97. The molecule has 1 aromatic carbocycles. The highest BCUT2D eigenvalue weighted by atomic mass is 16.3. The van der Waals surface area contributed by atoms with Gasteiger partial charge in [-0.25, -0.2) is 0 Å². The van der Waals surface area contributed by atoms with Gasteiger partial charge in [0.2, 0.25) is 0 Å². The van der Waals surface area contributed by atoms with Gasteiger partial charge in [0.25, 0.3) is 0 Å². The molecule has 1 aromatic rings. The van der Waals surface area contributed by atoms with Gasteiger partial charge >= 0.3 is 0 Å². The number of carbonyl (C=O) groups is 1. The molecule has 0 saturated heterocycles. The lowest BCUT2D eigenvalue weighted by atomic mass is 10.0. The number of phenolic OH excluding ortho intramolecular Hbond substituents is 1. The summed E-state index contributed by atoms with van der Waals surface area (Å²) in [5.41, 5.74) is 1.25. The monoisotopic (exact) mass is 262 g/mol. The van der Waals surface area contributed by atoms with Crippen LogP contribution in [0.5, 0.6) is 5.75 Å². The van der Waals surface area contributed by atoms with E-state index < -0.39 is 0 Å². The van der Waals surface area contributed by atoms with Crippen LogP contribution in [0.1, 0.15) is 74.2 Å². The fourth-order valence-corrected chi connectivity index (χ4v) is 2.26. The SMILES string of the molecule is CCCCCCCCCC(=O)c1cccc(C)c1O. The van der Waals surface area contributed by atoms with Gasteiger partial charge in [0.15, 0.2) is 5.78 Å². The number of aryl methyl sites for hydroxylation is 1. The maximum absolute atomic E-state index is 12.0. The van der Waals surface area contributed by atoms with E-state index in [1.165, 1.54) is 32.1 Å². The second kappa shape index (κ2) is 8.73. The molecule has 1 N–H and O–H groups in total. The molecule has 2 heteroatoms. The van der Waals surface area contributed by atoms with Crippen molar-refractivity contribution in [1.82, 2.24) is 0 Å². The number of para-hydroxylation sites is 1. The van der Waals surface area contributed by atoms with E-state index in [0.29, 0.717) is 12.0 Å². The van der Waals surface area contributed by atoms with Gasteiger partial charge in [-0.2, -0.15) is 0 Å². The first-order chi connectivity index (χ1) is 9.16. The number of hydrogen-bond donors (Lipinski definition) is 1. The highest BCUT2D eigenvalue weighted by molar-refractivity contribution is 5.98. The highest BCUT2D eigenvalue weighted by Gasteiger charge is 2.11. The zero-order valence-electron chi connectivity index (χ0n) is 12.2. The molecule has 0 fully saturated rings. The van der Waals surface area contributed by atoms with Crippen LogP contribution in [0.4, 0.5) is 0 Å². The molecule has 19 heavy (non-hydrogen) atoms. The van der Waals surface area contributed by atoms with Gasteiger partial charge in [0.05, 0.1) is 5.56 Å². The van der Waals surface area contributed by atoms with Gasteiger partial charge in [0, 0.05) is 6.42 Å². The van der Waals surface area contributed by atoms with Gasteiger partial charge in [-0.15, -0.1) is 0 Å². The summed E-state index contributed by atoms with van der Waals surface area (Å²) >= 11 is 0. The fourth-order valence-electron chi connectivity index (χ4n) is 2.26. The number of ketones is 1. The number of rotatable bonds is 9. The number of carbonyl (C=O) groups excluding carboxylic acids is 1. The molecular formula is C17H26O2. The Labute approximate surface area is 116 Å². The van der Waals surface area contributed by atoms with Crippen molar-refractivity contribution in [2.45, 2.75) is 65.2 Å². The van der Waals surface area contributed by atoms with Crippen LogP contribution >= 0.6 is 0 Å². The summed E-state index contributed by atoms with van der Waals surface area (Å²) in [6.45, 7) is 4.03. The summed E-state index contributed by atoms with van der Waals surface area (Å²) < 4.78 is 0. The average Bonchev–Trinajstić information content (AvgIpc) is 2.40. The van der Waals surface area contributed by atoms with Gasteiger partial charge in [-0.1, -0.05) is 57.6 Å². The largest absolute Gasteiger partial charge is 0.507 e. The standard InChI is InChI=1S/C17H26O2/c1-3-4-5-6-7-8-9-13-16(18)15-12-10-11-14(2)17(15)19/h10-12,19H,3-9,13H2,1-2H3. The zero-order chi connectivity index (χ0) is 14.1. The molecule has 0 spiro atoms. The number of phenols is 1. The van der Waals surface area contributed by atoms with Crippen LogP contribution in [0, 0.1) is 6.92 Å². The smallest absolute Gasteiger partial charge is 0.166 e. The number of hydrogen-bond acceptors (Lipinski definition) is 2. The van der Waals surface area contributed by atoms with Crippen molar-refractivity contribution >= 4 is 5.78 Å². The maximum atomic E-state index is 12.0. The molecule has 0 heterocycles. The van der Waals surface area contributed by atoms with Crippen LogP contribution in [0.2, 0.25) is 0 Å². The molecule has 0 unspecified atom stereocenters. The molecule has 0 amide bonds. The number of unbranched alkanes of at least 4 members (excludes halogenated alkanes) is 6. The molecule has 0 radical (unpaired) electrons. The second-order valence-electron chi connectivity index (χ2n) is 5.27. The van der Waals surface area contributed by atoms with Crippen molar-refractivity contribution in [2.75, 3.05) is 0 Å². The predicted molar refractivity (Wildman–Crippen MR) is 79.8 cm³/mol. The molecule has 0 atom stereocenters. The number of Topliss-reactive ketones (excluding diaryl/α,β-unsaturated/α-hetero) is 1. The Morgan fingerprint density at radius 2 is 1.68 bits per heavy atom. The first-order valence-electron chi connectivity index (χ1n) is 7.48. The van der Waals surface area contributed by atoms with Crippen molar-refractivity contribution in [1.29, 1.82) is 0 Å². The van der Waals surface area contributed by atoms with Crippen LogP contribution in [0.25, 0.3) is 0 Å². The van der Waals surface area contributed by atoms with Crippen LogP contribution in [0.3, 0.4) is 0 Å². The lowest BCUT2D eigenvalue weighted by Gasteiger charge is -2.06. The lowest BCUT2D eigenvalue weighted by Crippen LogP contribution is -2.00. The molecule has 0 aliphatic rings. The first-order valence-corrected chi connectivity index (χ1v) is 7.48. The predicted octanol–water partition coefficient (Wildman–Crippen LogP) is 5.02. The molecular weight excluding hydrogens is 236 g/mol. The van der Waals surface area contributed by atoms with E-state index in [9.17, 15) is 9.90 Å². The molecule has 1 rings (SSSR count). The Kier molecular flexibility index (Phi) is 7.24. The Morgan fingerprint density at radius 1 is 1.05 bits per heavy atom. The Morgan fingerprint density at radius 3 is 2.37 bits per heavy atom. The highest BCUT2D eigenvalue weighted by Crippen LogP contribution is 2.23. The lowest BCUT2D eigenvalue weighted by molar-refractivity contribution is 0.0976. The fraction of sp³-hybridized carbons (Fsp3) is 0.588. The molecule has 0 aliphatic heterocycles. The zero-order valence-corrected chi connectivity index (χ0v) is 12.2. The van der Waals surface area contributed by atoms with E-state index in [4.69, 9.17) is 0 Å². The van der Waals surface area contributed by atoms with E-state index in [2.05, 4.69) is 6.92 Å². The van der Waals surface area contributed by atoms with Crippen LogP contribution < -0.4 is 0 Å². The molecule has 0 saturated carbocycles. The first kappa shape index (κ1) is 15.7. The average molecular weight is 262 g/mol. The van der Waals surface area contributed by atoms with Crippen molar-refractivity contribution < 1.29 is 9.90 Å². The van der Waals surface area contributed by atoms with E-state index in [1.54, 1.807) is 6.07 Å². The van der Waals surface area contributed by atoms with Crippen LogP contribution in [0.15, 0.2) is 18.2 Å². The minimum atomic E-state index is 0.0646. The third-order valence-electron chi connectivity index (χ3n) is 3.55. The molecule has 0 bridgehead atoms. The third kappa shape index (κ3) is 5.46. The normalized spacial score (nSPS) is 10.6. The maximum Gasteiger partial charge on any atom is 0.166 e. The van der Waals surface area contributed by atoms with Crippen LogP contribution in [-0.2, 0) is 0 Å². The molecule has 106 valence electrons. The molecule has 0 aromatic heterocycles. The van der Waals surface area contributed by atoms with Crippen molar-refractivity contribution in [2.24, 2.45) is 0 Å². The Balaban J connectivity index is 2.26. The van der Waals surface area contributed by atoms with Gasteiger partial charge in [-0.05, 0) is 25.0 Å². The summed E-state index contributed by atoms with van der Waals surface area (Å²) in [4.78, 5) is 12.0. The Hall–Kier alpha value is -1.31. The summed E-state index contributed by atoms with van der Waals surface area (Å²) in [6, 6.07) is 5.36. The van der Waals surface area contributed by atoms with E-state index in [-0.39, 0.29) is 11.5 Å². The van der Waals surface area contributed by atoms with E-state index in [0.717, 1.165) is 18.4 Å². The molecule has 0 aliphatic carbocycles. The minimum Gasteiger partial charge on any atom is -0.507 e. The summed E-state index contributed by atoms with van der Waals surface area (Å²) in [5, 5.41) is 9.85. The van der Waals surface area contributed by atoms with E-state index in [1.807, 2.05) is 19.1 Å². The quantitative estimate of drug-likeness (QED) is 0.501. The second-order valence-corrected chi connectivity index (χ2v) is 5.27. The third-order valence-corrected chi connectivity index (χ3v) is 3.55. The van der Waals surface area contributed by atoms with Gasteiger partial charge < -0.3 is 5.11 Å². The minimum absolute atomic E-state index is 0.0646. The molecule has 2 nitrogen and oxygen atoms in total. The van der Waals surface area contributed by atoms with Crippen molar-refractivity contribution in [3.05, 3.63) is 29.3 Å². The number of benzene rings is 1. The number of aromatic hydroxyl groups is 1. The van der Waals surface area contributed by atoms with Crippen LogP contribution in [-0.4, -0.2) is 10.9 Å². The van der Waals surface area contributed by atoms with Crippen molar-refractivity contribution in [3.8, 4) is 5.75 Å². The topological polar surface area (TPSA) is 37.3 Å².